The molecule has 24 rings (SSSR count). The number of rotatable bonds is 20. The van der Waals surface area contributed by atoms with Crippen molar-refractivity contribution in [2.75, 3.05) is 12.4 Å². The second kappa shape index (κ2) is 40.7. The van der Waals surface area contributed by atoms with Gasteiger partial charge < -0.3 is 48.4 Å². The van der Waals surface area contributed by atoms with Crippen molar-refractivity contribution in [1.29, 1.82) is 0 Å². The Hall–Kier alpha value is -10.8. The molecule has 22 heteroatoms. The van der Waals surface area contributed by atoms with Crippen molar-refractivity contribution in [1.82, 2.24) is 0 Å². The fourth-order valence-electron chi connectivity index (χ4n) is 25.5. The molecule has 2 atom stereocenters. The summed E-state index contributed by atoms with van der Waals surface area (Å²) in [6.07, 6.45) is 22.2. The van der Waals surface area contributed by atoms with E-state index in [1.54, 1.807) is 20.8 Å². The summed E-state index contributed by atoms with van der Waals surface area (Å²) in [6.45, 7) is 18.3. The minimum absolute atomic E-state index is 0.0377. The number of aromatic carboxylic acids is 1. The Labute approximate surface area is 809 Å². The van der Waals surface area contributed by atoms with Gasteiger partial charge in [-0.1, -0.05) is 147 Å². The summed E-state index contributed by atoms with van der Waals surface area (Å²) in [5.41, 5.74) is 2.56. The minimum Gasteiger partial charge on any atom is -0.872 e. The second-order valence-corrected chi connectivity index (χ2v) is 48.7. The number of esters is 5. The lowest BCUT2D eigenvalue weighted by Gasteiger charge is -2.55. The van der Waals surface area contributed by atoms with Gasteiger partial charge in [0.1, 0.15) is 23.9 Å². The first-order valence-electron chi connectivity index (χ1n) is 48.0. The molecule has 136 heavy (non-hydrogen) atoms. The van der Waals surface area contributed by atoms with Crippen LogP contribution in [0.5, 0.6) is 23.0 Å². The van der Waals surface area contributed by atoms with Gasteiger partial charge in [-0.05, 0) is 349 Å². The minimum atomic E-state index is -4.45. The van der Waals surface area contributed by atoms with Gasteiger partial charge in [-0.15, -0.1) is 0 Å². The molecule has 2 unspecified atom stereocenters. The Morgan fingerprint density at radius 1 is 0.382 bits per heavy atom. The summed E-state index contributed by atoms with van der Waals surface area (Å²) in [6, 6.07) is 83.2. The molecule has 1 N–H and O–H groups in total. The number of carbonyl (C=O) groups is 7. The predicted molar refractivity (Wildman–Crippen MR) is 521 cm³/mol. The van der Waals surface area contributed by atoms with Crippen LogP contribution < -0.4 is 24.4 Å². The average Bonchev–Trinajstić information content (AvgIpc) is 1.52. The Kier molecular flexibility index (Phi) is 29.4. The van der Waals surface area contributed by atoms with E-state index >= 15 is 0 Å². The molecule has 14 aliphatic rings. The zero-order valence-electron chi connectivity index (χ0n) is 79.4. The van der Waals surface area contributed by atoms with Gasteiger partial charge in [0.2, 0.25) is 5.60 Å². The number of hydrogen-bond donors (Lipinski definition) is 1. The maximum atomic E-state index is 13.6. The van der Waals surface area contributed by atoms with E-state index in [4.69, 9.17) is 38.7 Å². The fraction of sp³-hybridized carbons (Fsp3) is 0.412. The van der Waals surface area contributed by atoms with E-state index in [0.29, 0.717) is 12.8 Å². The number of para-hydroxylation sites is 1. The van der Waals surface area contributed by atoms with Gasteiger partial charge in [0.05, 0.1) is 75.8 Å². The normalized spacial score (nSPS) is 26.4. The molecule has 0 amide bonds. The van der Waals surface area contributed by atoms with Crippen molar-refractivity contribution in [3.63, 3.8) is 0 Å². The number of benzene rings is 10. The smallest absolute Gasteiger partial charge is 0.351 e. The van der Waals surface area contributed by atoms with Crippen LogP contribution in [-0.2, 0) is 81.0 Å². The van der Waals surface area contributed by atoms with E-state index in [9.17, 15) is 46.8 Å². The highest BCUT2D eigenvalue weighted by Gasteiger charge is 2.76. The van der Waals surface area contributed by atoms with E-state index in [-0.39, 0.29) is 72.4 Å². The number of aryl methyl sites for hydroxylation is 6. The lowest BCUT2D eigenvalue weighted by atomic mass is 9.49. The first-order chi connectivity index (χ1) is 64.9. The zero-order valence-corrected chi connectivity index (χ0v) is 82.6. The van der Waals surface area contributed by atoms with Crippen molar-refractivity contribution < 1.29 is 85.5 Å². The summed E-state index contributed by atoms with van der Waals surface area (Å²) in [7, 11) is -5.06. The molecule has 18 nitrogen and oxygen atoms in total. The second-order valence-electron chi connectivity index (χ2n) is 41.1. The highest BCUT2D eigenvalue weighted by atomic mass is 32.2. The topological polar surface area (TPSA) is 289 Å². The molecule has 13 saturated carbocycles. The van der Waals surface area contributed by atoms with Gasteiger partial charge >= 0.3 is 35.8 Å². The maximum Gasteiger partial charge on any atom is 0.351 e. The Morgan fingerprint density at radius 2 is 0.618 bits per heavy atom. The Balaban J connectivity index is 0.000000127. The zero-order chi connectivity index (χ0) is 96.4. The molecule has 10 aromatic rings. The van der Waals surface area contributed by atoms with Crippen molar-refractivity contribution in [3.05, 3.63) is 282 Å². The summed E-state index contributed by atoms with van der Waals surface area (Å²) in [4.78, 5) is 95.7. The predicted octanol–water partition coefficient (Wildman–Crippen LogP) is 22.0. The third-order valence-electron chi connectivity index (χ3n) is 31.0. The van der Waals surface area contributed by atoms with Gasteiger partial charge in [-0.3, -0.25) is 19.2 Å². The Bertz CT molecular complexity index is 5410. The number of carboxylic acids is 2. The number of hydrogen-bond acceptors (Lipinski definition) is 17. The summed E-state index contributed by atoms with van der Waals surface area (Å²) < 4.78 is 60.4. The molecule has 0 spiro atoms. The molecule has 0 aromatic heterocycles. The van der Waals surface area contributed by atoms with Gasteiger partial charge in [0.15, 0.2) is 44.1 Å². The van der Waals surface area contributed by atoms with Crippen LogP contribution in [0.2, 0.25) is 0 Å². The standard InChI is InChI=1S/3C31H33O2S.C12H18O7S.C7H6O3.C2H4O2/c3*1-21-13-28(34(26-9-5-3-6-10-26)27-11-7-4-8-12-27)14-22(2)29(21)33-30(32)31-18-23-15-24(19-31)17-25(16-23)20-31;1-10(2)11(3)4-5-12(10,19-8(11)13)9(14)18-6-7-20(15,16)17;8-6-4-2-1-3-5(6)7(9)10;1-2(3)4/h3*3-14,23-25H,15-20H2,1-2H3;4-7H2,1-3H3,(H,15,16,17);1-4,8H,(H,9,10);1H3,(H,3,4)/q3*+1;;;/p-3. The molecule has 1 heterocycles. The monoisotopic (exact) mass is 1910 g/mol. The molecule has 712 valence electrons. The van der Waals surface area contributed by atoms with Gasteiger partial charge in [0, 0.05) is 47.8 Å². The van der Waals surface area contributed by atoms with Crippen LogP contribution in [-0.4, -0.2) is 77.8 Å². The number of fused-ring (bicyclic) bond motifs is 2. The largest absolute Gasteiger partial charge is 0.872 e. The molecular weight excluding hydrogens is 1790 g/mol. The first kappa shape index (κ1) is 98.3. The molecular formula is C114H124O18S4. The SMILES string of the molecule is CC(=O)[O-].CC12CCC(C(=O)OCCS(=O)(=O)[O-])(OC1=O)C2(C)C.Cc1cc([S+](c2ccccc2)c2ccccc2)cc(C)c1OC(=O)C12CC3CC(CC(C3)C1)C2.Cc1cc([S+](c2ccccc2)c2ccccc2)cc(C)c1OC(=O)C12CC3CC(CC(C3)C1)C2.Cc1cc([S+](c2ccccc2)c2ccccc2)cc(C)c1OC(=O)C12CC3CC(CC(C3)C1)C2.O=C(O)c1ccccc1[O-]. The van der Waals surface area contributed by atoms with Crippen molar-refractivity contribution in [3.8, 4) is 23.0 Å². The van der Waals surface area contributed by atoms with Gasteiger partial charge in [0.25, 0.3) is 0 Å². The van der Waals surface area contributed by atoms with Crippen LogP contribution in [0.4, 0.5) is 0 Å². The van der Waals surface area contributed by atoms with Crippen LogP contribution in [0, 0.1) is 122 Å². The first-order valence-corrected chi connectivity index (χ1v) is 53.2. The Morgan fingerprint density at radius 3 is 0.816 bits per heavy atom. The van der Waals surface area contributed by atoms with Crippen LogP contribution in [0.3, 0.4) is 0 Å². The fourth-order valence-corrected chi connectivity index (χ4v) is 32.6. The number of carboxylic acid groups (broad SMARTS) is 2. The van der Waals surface area contributed by atoms with Crippen molar-refractivity contribution in [2.45, 2.75) is 247 Å². The van der Waals surface area contributed by atoms with E-state index in [1.165, 1.54) is 126 Å². The highest BCUT2D eigenvalue weighted by molar-refractivity contribution is 7.97. The van der Waals surface area contributed by atoms with E-state index < -0.39 is 68.5 Å². The van der Waals surface area contributed by atoms with E-state index in [1.807, 2.05) is 0 Å². The average molecular weight is 1910 g/mol. The maximum absolute atomic E-state index is 13.6. The third kappa shape index (κ3) is 21.0. The van der Waals surface area contributed by atoms with Crippen LogP contribution in [0.25, 0.3) is 0 Å². The van der Waals surface area contributed by atoms with Gasteiger partial charge in [-0.25, -0.2) is 18.0 Å². The number of aliphatic carboxylic acids is 1. The molecule has 14 bridgehead atoms. The lowest BCUT2D eigenvalue weighted by Crippen LogP contribution is -2.51. The van der Waals surface area contributed by atoms with Gasteiger partial charge in [-0.2, -0.15) is 0 Å². The third-order valence-corrected chi connectivity index (χ3v) is 38.2. The molecule has 1 saturated heterocycles. The summed E-state index contributed by atoms with van der Waals surface area (Å²) in [5.74, 6) is 4.35. The van der Waals surface area contributed by atoms with Crippen LogP contribution in [0.15, 0.2) is 287 Å². The summed E-state index contributed by atoms with van der Waals surface area (Å²) >= 11 is 0. The lowest BCUT2D eigenvalue weighted by molar-refractivity contribution is -0.302. The molecule has 0 radical (unpaired) electrons. The van der Waals surface area contributed by atoms with Crippen LogP contribution in [0.1, 0.15) is 200 Å². The summed E-state index contributed by atoms with van der Waals surface area (Å²) in [5, 5.41) is 27.9. The van der Waals surface area contributed by atoms with Crippen molar-refractivity contribution >= 4 is 84.6 Å². The molecule has 13 aliphatic carbocycles. The van der Waals surface area contributed by atoms with E-state index in [2.05, 4.69) is 260 Å². The molecule has 1 aliphatic heterocycles. The van der Waals surface area contributed by atoms with E-state index in [0.717, 1.165) is 169 Å². The number of carbonyl (C=O) groups excluding carboxylic acids is 6. The van der Waals surface area contributed by atoms with Crippen LogP contribution >= 0.6 is 0 Å². The van der Waals surface area contributed by atoms with Crippen molar-refractivity contribution in [2.24, 2.45) is 80.3 Å². The number of ether oxygens (including phenoxy) is 5. The molecule has 14 fully saturated rings. The quantitative estimate of drug-likeness (QED) is 0.0321. The highest BCUT2D eigenvalue weighted by Crippen LogP contribution is 2.67. The molecule has 10 aromatic carbocycles.